The molecule has 0 saturated carbocycles. The van der Waals surface area contributed by atoms with Gasteiger partial charge in [-0.1, -0.05) is 12.1 Å². The van der Waals surface area contributed by atoms with Gasteiger partial charge in [0.05, 0.1) is 10.8 Å². The number of ketones is 1. The van der Waals surface area contributed by atoms with E-state index in [4.69, 9.17) is 0 Å². The van der Waals surface area contributed by atoms with E-state index in [-0.39, 0.29) is 23.4 Å². The minimum absolute atomic E-state index is 0.0875. The van der Waals surface area contributed by atoms with E-state index in [9.17, 15) is 24.1 Å². The van der Waals surface area contributed by atoms with Crippen LogP contribution < -0.4 is 5.32 Å². The highest BCUT2D eigenvalue weighted by atomic mass is 32.2. The molecule has 10 heteroatoms. The Kier molecular flexibility index (Phi) is 4.97. The zero-order chi connectivity index (χ0) is 24.3. The Labute approximate surface area is 203 Å². The molecule has 1 amide bonds. The first kappa shape index (κ1) is 21.9. The second kappa shape index (κ2) is 7.96. The van der Waals surface area contributed by atoms with E-state index in [1.165, 1.54) is 36.5 Å². The maximum absolute atomic E-state index is 14.5. The minimum atomic E-state index is -1.45. The molecule has 3 aliphatic rings. The van der Waals surface area contributed by atoms with Crippen LogP contribution in [0.4, 0.5) is 15.8 Å². The maximum Gasteiger partial charge on any atom is 0.269 e. The van der Waals surface area contributed by atoms with Gasteiger partial charge in [0.2, 0.25) is 5.91 Å². The summed E-state index contributed by atoms with van der Waals surface area (Å²) in [5.41, 5.74) is 0.289. The van der Waals surface area contributed by atoms with Crippen molar-refractivity contribution in [3.63, 3.8) is 0 Å². The van der Waals surface area contributed by atoms with Gasteiger partial charge in [0.15, 0.2) is 5.78 Å². The predicted octanol–water partition coefficient (Wildman–Crippen LogP) is 3.95. The van der Waals surface area contributed by atoms with Crippen molar-refractivity contribution in [1.29, 1.82) is 0 Å². The predicted molar refractivity (Wildman–Crippen MR) is 128 cm³/mol. The SMILES string of the molecule is O=C(c1cccnc1)[C@H]1[C@@H](c2cccc([N+](=O)[O-])c2)[C@H]2CSCN2[C@@]12C(=O)Nc1ccc(F)cc12. The maximum atomic E-state index is 14.5. The van der Waals surface area contributed by atoms with Gasteiger partial charge in [-0.3, -0.25) is 29.6 Å². The smallest absolute Gasteiger partial charge is 0.269 e. The Morgan fingerprint density at radius 3 is 2.86 bits per heavy atom. The number of benzene rings is 2. The van der Waals surface area contributed by atoms with E-state index in [2.05, 4.69) is 10.3 Å². The molecule has 3 aliphatic heterocycles. The summed E-state index contributed by atoms with van der Waals surface area (Å²) in [6.45, 7) is 0. The number of hydrogen-bond donors (Lipinski definition) is 1. The number of hydrogen-bond acceptors (Lipinski definition) is 7. The number of non-ortho nitro benzene ring substituents is 1. The third kappa shape index (κ3) is 3.06. The van der Waals surface area contributed by atoms with Gasteiger partial charge in [-0.05, 0) is 35.9 Å². The number of halogens is 1. The van der Waals surface area contributed by atoms with E-state index < -0.39 is 28.1 Å². The molecule has 2 fully saturated rings. The van der Waals surface area contributed by atoms with Crippen molar-refractivity contribution in [2.24, 2.45) is 5.92 Å². The molecule has 2 aromatic carbocycles. The molecule has 1 aromatic heterocycles. The van der Waals surface area contributed by atoms with E-state index in [0.717, 1.165) is 0 Å². The van der Waals surface area contributed by atoms with Crippen LogP contribution in [0, 0.1) is 21.8 Å². The summed E-state index contributed by atoms with van der Waals surface area (Å²) < 4.78 is 14.5. The second-order valence-electron chi connectivity index (χ2n) is 8.91. The molecule has 0 unspecified atom stereocenters. The molecule has 3 aromatic rings. The first-order chi connectivity index (χ1) is 16.9. The Morgan fingerprint density at radius 2 is 2.09 bits per heavy atom. The van der Waals surface area contributed by atoms with E-state index in [1.54, 1.807) is 42.2 Å². The van der Waals surface area contributed by atoms with Crippen molar-refractivity contribution >= 4 is 34.8 Å². The fourth-order valence-corrected chi connectivity index (χ4v) is 7.28. The lowest BCUT2D eigenvalue weighted by atomic mass is 9.69. The molecule has 8 nitrogen and oxygen atoms in total. The lowest BCUT2D eigenvalue weighted by molar-refractivity contribution is -0.384. The van der Waals surface area contributed by atoms with E-state index in [0.29, 0.717) is 34.0 Å². The number of fused-ring (bicyclic) bond motifs is 4. The molecule has 0 radical (unpaired) electrons. The number of pyridine rings is 1. The van der Waals surface area contributed by atoms with E-state index >= 15 is 0 Å². The van der Waals surface area contributed by atoms with Crippen molar-refractivity contribution in [2.45, 2.75) is 17.5 Å². The van der Waals surface area contributed by atoms with Gasteiger partial charge in [-0.25, -0.2) is 4.39 Å². The largest absolute Gasteiger partial charge is 0.324 e. The summed E-state index contributed by atoms with van der Waals surface area (Å²) in [5.74, 6) is -1.57. The van der Waals surface area contributed by atoms with Gasteiger partial charge in [0, 0.05) is 64.9 Å². The number of aromatic nitrogens is 1. The minimum Gasteiger partial charge on any atom is -0.324 e. The number of rotatable bonds is 4. The van der Waals surface area contributed by atoms with Gasteiger partial charge < -0.3 is 5.32 Å². The quantitative estimate of drug-likeness (QED) is 0.335. The summed E-state index contributed by atoms with van der Waals surface area (Å²) in [7, 11) is 0. The molecule has 1 N–H and O–H groups in total. The Morgan fingerprint density at radius 1 is 1.23 bits per heavy atom. The number of nitro groups is 1. The summed E-state index contributed by atoms with van der Waals surface area (Å²) in [4.78, 5) is 45.2. The average Bonchev–Trinajstić information content (AvgIpc) is 3.52. The summed E-state index contributed by atoms with van der Waals surface area (Å²) in [5, 5.41) is 14.4. The van der Waals surface area contributed by atoms with Crippen LogP contribution in [0.5, 0.6) is 0 Å². The van der Waals surface area contributed by atoms with Gasteiger partial charge in [0.25, 0.3) is 5.69 Å². The van der Waals surface area contributed by atoms with Crippen molar-refractivity contribution in [3.8, 4) is 0 Å². The van der Waals surface area contributed by atoms with E-state index in [1.807, 2.05) is 4.90 Å². The number of thioether (sulfide) groups is 1. The average molecular weight is 491 g/mol. The zero-order valence-electron chi connectivity index (χ0n) is 18.3. The van der Waals surface area contributed by atoms with Crippen molar-refractivity contribution in [1.82, 2.24) is 9.88 Å². The molecule has 1 spiro atoms. The number of nitrogens with zero attached hydrogens (tertiary/aromatic N) is 3. The fraction of sp³-hybridized carbons (Fsp3) is 0.240. The highest BCUT2D eigenvalue weighted by Gasteiger charge is 2.69. The fourth-order valence-electron chi connectivity index (χ4n) is 5.95. The number of carbonyl (C=O) groups excluding carboxylic acids is 2. The number of carbonyl (C=O) groups is 2. The normalized spacial score (nSPS) is 27.0. The molecule has 35 heavy (non-hydrogen) atoms. The van der Waals surface area contributed by atoms with Crippen molar-refractivity contribution in [2.75, 3.05) is 16.9 Å². The molecule has 6 rings (SSSR count). The monoisotopic (exact) mass is 490 g/mol. The molecule has 0 aliphatic carbocycles. The number of Topliss-reactive ketones (excluding diaryl/α,β-unsaturated/α-hetero) is 1. The first-order valence-electron chi connectivity index (χ1n) is 11.1. The first-order valence-corrected chi connectivity index (χ1v) is 12.2. The third-order valence-corrected chi connectivity index (χ3v) is 8.32. The summed E-state index contributed by atoms with van der Waals surface area (Å²) in [6, 6.07) is 13.4. The van der Waals surface area contributed by atoms with Crippen molar-refractivity contribution < 1.29 is 18.9 Å². The molecule has 4 heterocycles. The highest BCUT2D eigenvalue weighted by molar-refractivity contribution is 7.99. The summed E-state index contributed by atoms with van der Waals surface area (Å²) in [6.07, 6.45) is 3.01. The Balaban J connectivity index is 1.63. The van der Waals surface area contributed by atoms with Crippen LogP contribution in [-0.2, 0) is 10.3 Å². The molecule has 4 atom stereocenters. The molecule has 0 bridgehead atoms. The van der Waals surface area contributed by atoms with Gasteiger partial charge in [-0.2, -0.15) is 0 Å². The van der Waals surface area contributed by atoms with Gasteiger partial charge in [0.1, 0.15) is 11.4 Å². The molecular weight excluding hydrogens is 471 g/mol. The topological polar surface area (TPSA) is 105 Å². The molecule has 2 saturated heterocycles. The number of amides is 1. The van der Waals surface area contributed by atoms with Crippen LogP contribution in [0.25, 0.3) is 0 Å². The lowest BCUT2D eigenvalue weighted by Gasteiger charge is -2.36. The second-order valence-corrected chi connectivity index (χ2v) is 9.91. The van der Waals surface area contributed by atoms with Crippen LogP contribution in [-0.4, -0.2) is 44.2 Å². The molecular formula is C25H19FN4O4S. The van der Waals surface area contributed by atoms with Crippen molar-refractivity contribution in [3.05, 3.63) is 99.6 Å². The van der Waals surface area contributed by atoms with Crippen LogP contribution >= 0.6 is 11.8 Å². The number of anilines is 1. The van der Waals surface area contributed by atoms with Crippen LogP contribution in [0.2, 0.25) is 0 Å². The highest BCUT2D eigenvalue weighted by Crippen LogP contribution is 2.61. The Hall–Kier alpha value is -3.63. The number of nitrogens with one attached hydrogen (secondary N) is 1. The Bertz CT molecular complexity index is 1390. The zero-order valence-corrected chi connectivity index (χ0v) is 19.1. The van der Waals surface area contributed by atoms with Gasteiger partial charge >= 0.3 is 0 Å². The van der Waals surface area contributed by atoms with Crippen LogP contribution in [0.15, 0.2) is 67.0 Å². The molecule has 176 valence electrons. The van der Waals surface area contributed by atoms with Crippen LogP contribution in [0.1, 0.15) is 27.4 Å². The lowest BCUT2D eigenvalue weighted by Crippen LogP contribution is -2.52. The third-order valence-electron chi connectivity index (χ3n) is 7.28. The standard InChI is InChI=1S/C25H19FN4O4S/c26-16-6-7-19-18(10-16)25(24(32)28-19)22(23(31)15-4-2-8-27-11-15)21(20-12-35-13-29(20)25)14-3-1-5-17(9-14)30(33)34/h1-11,20-22H,12-13H2,(H,28,32)/t20-,21+,22-,25-/m1/s1. The van der Waals surface area contributed by atoms with Gasteiger partial charge in [-0.15, -0.1) is 11.8 Å². The summed E-state index contributed by atoms with van der Waals surface area (Å²) >= 11 is 1.62. The number of nitro benzene ring substituents is 1. The van der Waals surface area contributed by atoms with Crippen LogP contribution in [0.3, 0.4) is 0 Å².